The number of aromatic nitrogens is 5. The molecule has 2 aliphatic heterocycles. The molecule has 2 aromatic heterocycles. The van der Waals surface area contributed by atoms with Crippen LogP contribution in [-0.2, 0) is 24.3 Å². The lowest BCUT2D eigenvalue weighted by Crippen LogP contribution is -2.33. The Morgan fingerprint density at radius 2 is 1.85 bits per heavy atom. The molecule has 2 aromatic rings. The number of nitrogens with zero attached hydrogens (tertiary/aromatic N) is 6. The summed E-state index contributed by atoms with van der Waals surface area (Å²) in [4.78, 5) is 23.8. The third-order valence-electron chi connectivity index (χ3n) is 6.29. The number of alkyl halides is 3. The largest absolute Gasteiger partial charge is 0.490 e. The molecule has 10 nitrogen and oxygen atoms in total. The number of hydrogen-bond donors (Lipinski definition) is 2. The van der Waals surface area contributed by atoms with Crippen molar-refractivity contribution in [2.75, 3.05) is 13.1 Å². The predicted octanol–water partition coefficient (Wildman–Crippen LogP) is 1.89. The number of fused-ring (bicyclic) bond motifs is 2. The monoisotopic (exact) mass is 483 g/mol. The van der Waals surface area contributed by atoms with E-state index in [0.717, 1.165) is 51.3 Å². The highest BCUT2D eigenvalue weighted by atomic mass is 19.4. The number of carbonyl (C=O) groups is 2. The number of halogens is 3. The van der Waals surface area contributed by atoms with E-state index in [2.05, 4.69) is 50.1 Å². The molecule has 0 radical (unpaired) electrons. The first-order chi connectivity index (χ1) is 16.0. The van der Waals surface area contributed by atoms with Gasteiger partial charge in [-0.15, -0.1) is 10.2 Å². The Hall–Kier alpha value is -2.96. The summed E-state index contributed by atoms with van der Waals surface area (Å²) in [5.74, 6) is -0.209. The number of likely N-dealkylation sites (tertiary alicyclic amines) is 1. The van der Waals surface area contributed by atoms with E-state index >= 15 is 0 Å². The third-order valence-corrected chi connectivity index (χ3v) is 6.29. The minimum Gasteiger partial charge on any atom is -0.475 e. The maximum atomic E-state index is 12.4. The Kier molecular flexibility index (Phi) is 6.65. The smallest absolute Gasteiger partial charge is 0.475 e. The second-order valence-corrected chi connectivity index (χ2v) is 9.44. The second-order valence-electron chi connectivity index (χ2n) is 9.44. The average molecular weight is 483 g/mol. The van der Waals surface area contributed by atoms with Gasteiger partial charge in [-0.2, -0.15) is 18.3 Å². The molecule has 186 valence electrons. The van der Waals surface area contributed by atoms with Crippen LogP contribution in [0.3, 0.4) is 0 Å². The average Bonchev–Trinajstić information content (AvgIpc) is 3.13. The minimum absolute atomic E-state index is 0.0642. The van der Waals surface area contributed by atoms with Crippen LogP contribution in [0.2, 0.25) is 0 Å². The molecule has 1 amide bonds. The van der Waals surface area contributed by atoms with Gasteiger partial charge < -0.3 is 15.0 Å². The normalized spacial score (nSPS) is 22.1. The maximum Gasteiger partial charge on any atom is 0.490 e. The molecule has 2 atom stereocenters. The number of aliphatic carboxylic acids is 1. The fourth-order valence-corrected chi connectivity index (χ4v) is 4.40. The number of carbonyl (C=O) groups excluding carboxylic acids is 1. The van der Waals surface area contributed by atoms with Gasteiger partial charge in [0.1, 0.15) is 5.82 Å². The molecule has 3 aliphatic rings. The van der Waals surface area contributed by atoms with Gasteiger partial charge in [0, 0.05) is 56.4 Å². The maximum absolute atomic E-state index is 12.4. The highest BCUT2D eigenvalue weighted by Gasteiger charge is 2.40. The lowest BCUT2D eigenvalue weighted by atomic mass is 9.89. The van der Waals surface area contributed by atoms with Gasteiger partial charge >= 0.3 is 12.1 Å². The van der Waals surface area contributed by atoms with Crippen molar-refractivity contribution in [3.8, 4) is 0 Å². The van der Waals surface area contributed by atoms with E-state index in [1.54, 1.807) is 0 Å². The van der Waals surface area contributed by atoms with E-state index in [9.17, 15) is 18.0 Å². The molecule has 0 bridgehead atoms. The lowest BCUT2D eigenvalue weighted by Gasteiger charge is -2.25. The Bertz CT molecular complexity index is 1040. The predicted molar refractivity (Wildman–Crippen MR) is 113 cm³/mol. The van der Waals surface area contributed by atoms with Gasteiger partial charge in [0.2, 0.25) is 5.82 Å². The van der Waals surface area contributed by atoms with Crippen LogP contribution in [0.15, 0.2) is 12.4 Å². The van der Waals surface area contributed by atoms with Gasteiger partial charge in [-0.25, -0.2) is 4.79 Å². The van der Waals surface area contributed by atoms with Crippen LogP contribution in [0.5, 0.6) is 0 Å². The second kappa shape index (κ2) is 9.35. The van der Waals surface area contributed by atoms with E-state index in [0.29, 0.717) is 29.7 Å². The molecule has 0 spiro atoms. The van der Waals surface area contributed by atoms with Crippen molar-refractivity contribution in [1.29, 1.82) is 0 Å². The fraction of sp³-hybridized carbons (Fsp3) is 0.667. The lowest BCUT2D eigenvalue weighted by molar-refractivity contribution is -0.192. The van der Waals surface area contributed by atoms with Crippen molar-refractivity contribution < 1.29 is 27.9 Å². The van der Waals surface area contributed by atoms with Gasteiger partial charge in [0.15, 0.2) is 0 Å². The van der Waals surface area contributed by atoms with Gasteiger partial charge in [-0.3, -0.25) is 14.4 Å². The standard InChI is InChI=1S/C19H27N7O.C2HF3O2/c1-12(2)26-8-13(6-20-26)7-24-9-14-5-17-22-23-18(19(27)21-16-3-4-16)25(17)11-15(14)10-24;3-2(4,5)1(6)7/h6,8,12,14-16H,3-5,7,9-11H2,1-2H3,(H,21,27);(H,6,7). The summed E-state index contributed by atoms with van der Waals surface area (Å²) in [7, 11) is 0. The van der Waals surface area contributed by atoms with Crippen LogP contribution < -0.4 is 5.32 Å². The molecule has 2 N–H and O–H groups in total. The fourth-order valence-electron chi connectivity index (χ4n) is 4.40. The van der Waals surface area contributed by atoms with Crippen molar-refractivity contribution in [3.63, 3.8) is 0 Å². The number of hydrogen-bond acceptors (Lipinski definition) is 6. The van der Waals surface area contributed by atoms with Gasteiger partial charge in [0.05, 0.1) is 6.20 Å². The summed E-state index contributed by atoms with van der Waals surface area (Å²) in [5.41, 5.74) is 1.27. The number of amides is 1. The summed E-state index contributed by atoms with van der Waals surface area (Å²) in [6, 6.07) is 0.736. The molecule has 4 heterocycles. The van der Waals surface area contributed by atoms with E-state index in [1.807, 2.05) is 10.9 Å². The van der Waals surface area contributed by atoms with Crippen LogP contribution in [-0.4, -0.2) is 71.7 Å². The van der Waals surface area contributed by atoms with E-state index in [4.69, 9.17) is 9.90 Å². The van der Waals surface area contributed by atoms with E-state index in [1.165, 1.54) is 5.56 Å². The number of carboxylic acids is 1. The summed E-state index contributed by atoms with van der Waals surface area (Å²) in [5, 5.41) is 23.1. The van der Waals surface area contributed by atoms with Crippen molar-refractivity contribution in [2.45, 2.75) is 64.5 Å². The molecule has 0 aromatic carbocycles. The molecule has 2 unspecified atom stereocenters. The first-order valence-electron chi connectivity index (χ1n) is 11.3. The molecular formula is C21H28F3N7O3. The van der Waals surface area contributed by atoms with Crippen LogP contribution in [0, 0.1) is 11.8 Å². The Balaban J connectivity index is 0.000000344. The van der Waals surface area contributed by atoms with Gasteiger partial charge in [-0.1, -0.05) is 0 Å². The Morgan fingerprint density at radius 1 is 1.18 bits per heavy atom. The number of carboxylic acid groups (broad SMARTS) is 1. The zero-order valence-electron chi connectivity index (χ0n) is 19.0. The third kappa shape index (κ3) is 5.57. The summed E-state index contributed by atoms with van der Waals surface area (Å²) < 4.78 is 35.8. The van der Waals surface area contributed by atoms with Crippen LogP contribution >= 0.6 is 0 Å². The SMILES string of the molecule is CC(C)n1cc(CN2CC3Cc4nnc(C(=O)NC5CC5)n4CC3C2)cn1.O=C(O)C(F)(F)F. The summed E-state index contributed by atoms with van der Waals surface area (Å²) in [6.45, 7) is 8.21. The summed E-state index contributed by atoms with van der Waals surface area (Å²) >= 11 is 0. The van der Waals surface area contributed by atoms with Crippen LogP contribution in [0.25, 0.3) is 0 Å². The molecule has 13 heteroatoms. The van der Waals surface area contributed by atoms with Crippen molar-refractivity contribution in [3.05, 3.63) is 29.6 Å². The zero-order valence-corrected chi connectivity index (χ0v) is 19.0. The van der Waals surface area contributed by atoms with Gasteiger partial charge in [0.25, 0.3) is 5.91 Å². The van der Waals surface area contributed by atoms with E-state index in [-0.39, 0.29) is 5.91 Å². The highest BCUT2D eigenvalue weighted by Crippen LogP contribution is 2.33. The number of rotatable bonds is 5. The van der Waals surface area contributed by atoms with Crippen LogP contribution in [0.4, 0.5) is 13.2 Å². The van der Waals surface area contributed by atoms with Crippen molar-refractivity contribution in [2.24, 2.45) is 11.8 Å². The number of nitrogens with one attached hydrogen (secondary N) is 1. The summed E-state index contributed by atoms with van der Waals surface area (Å²) in [6.07, 6.45) is 2.13. The highest BCUT2D eigenvalue weighted by molar-refractivity contribution is 5.91. The minimum atomic E-state index is -5.08. The quantitative estimate of drug-likeness (QED) is 0.667. The van der Waals surface area contributed by atoms with Crippen LogP contribution in [0.1, 0.15) is 54.7 Å². The molecular weight excluding hydrogens is 455 g/mol. The molecule has 2 fully saturated rings. The zero-order chi connectivity index (χ0) is 24.6. The molecule has 1 aliphatic carbocycles. The van der Waals surface area contributed by atoms with Crippen molar-refractivity contribution >= 4 is 11.9 Å². The molecule has 1 saturated heterocycles. The van der Waals surface area contributed by atoms with Gasteiger partial charge in [-0.05, 0) is 38.5 Å². The Labute approximate surface area is 194 Å². The first kappa shape index (κ1) is 24.2. The Morgan fingerprint density at radius 3 is 2.44 bits per heavy atom. The first-order valence-corrected chi connectivity index (χ1v) is 11.3. The van der Waals surface area contributed by atoms with Crippen molar-refractivity contribution in [1.82, 2.24) is 34.8 Å². The topological polar surface area (TPSA) is 118 Å². The molecule has 1 saturated carbocycles. The molecule has 34 heavy (non-hydrogen) atoms. The van der Waals surface area contributed by atoms with E-state index < -0.39 is 12.1 Å². The molecule has 5 rings (SSSR count).